The minimum atomic E-state index is -0.211. The second-order valence-electron chi connectivity index (χ2n) is 4.49. The summed E-state index contributed by atoms with van der Waals surface area (Å²) in [5.74, 6) is 1.00. The number of pyridine rings is 1. The number of hydrogen-bond acceptors (Lipinski definition) is 4. The maximum absolute atomic E-state index is 9.25. The van der Waals surface area contributed by atoms with Crippen molar-refractivity contribution in [2.45, 2.75) is 12.5 Å². The Morgan fingerprint density at radius 2 is 2.00 bits per heavy atom. The van der Waals surface area contributed by atoms with Crippen LogP contribution in [-0.2, 0) is 6.42 Å². The van der Waals surface area contributed by atoms with Crippen molar-refractivity contribution in [3.63, 3.8) is 0 Å². The van der Waals surface area contributed by atoms with E-state index >= 15 is 0 Å². The molecule has 3 rings (SSSR count). The third-order valence-electron chi connectivity index (χ3n) is 3.04. The average molecular weight is 254 g/mol. The Bertz CT molecular complexity index is 657. The Morgan fingerprint density at radius 3 is 2.74 bits per heavy atom. The summed E-state index contributed by atoms with van der Waals surface area (Å²) < 4.78 is 0. The highest BCUT2D eigenvalue weighted by Crippen LogP contribution is 2.18. The molecule has 0 aliphatic heterocycles. The first-order chi connectivity index (χ1) is 9.22. The summed E-state index contributed by atoms with van der Waals surface area (Å²) in [5, 5.41) is 9.25. The number of H-pyrrole nitrogens is 1. The standard InChI is InChI=1S/C14H14N4O/c15-11(7-9-1-3-10(19)4-2-9)14-17-12-5-6-16-8-13(12)18-14/h1-6,8,11,19H,7,15H2,(H,17,18). The molecule has 0 aliphatic rings. The Labute approximate surface area is 110 Å². The van der Waals surface area contributed by atoms with Crippen LogP contribution in [0.25, 0.3) is 11.0 Å². The number of aromatic hydroxyl groups is 1. The van der Waals surface area contributed by atoms with Gasteiger partial charge in [0, 0.05) is 6.20 Å². The minimum Gasteiger partial charge on any atom is -0.508 e. The molecule has 96 valence electrons. The number of imidazole rings is 1. The van der Waals surface area contributed by atoms with Crippen LogP contribution in [0.4, 0.5) is 0 Å². The summed E-state index contributed by atoms with van der Waals surface area (Å²) in [5.41, 5.74) is 8.97. The molecule has 0 radical (unpaired) electrons. The van der Waals surface area contributed by atoms with Crippen LogP contribution in [0, 0.1) is 0 Å². The molecule has 1 aromatic carbocycles. The van der Waals surface area contributed by atoms with Gasteiger partial charge in [0.25, 0.3) is 0 Å². The lowest BCUT2D eigenvalue weighted by Gasteiger charge is -2.08. The van der Waals surface area contributed by atoms with E-state index in [1.54, 1.807) is 24.5 Å². The average Bonchev–Trinajstić information content (AvgIpc) is 2.85. The number of benzene rings is 1. The van der Waals surface area contributed by atoms with Gasteiger partial charge in [-0.15, -0.1) is 0 Å². The summed E-state index contributed by atoms with van der Waals surface area (Å²) in [6, 6.07) is 8.67. The molecule has 1 atom stereocenters. The van der Waals surface area contributed by atoms with Crippen molar-refractivity contribution < 1.29 is 5.11 Å². The molecule has 0 bridgehead atoms. The van der Waals surface area contributed by atoms with Gasteiger partial charge in [-0.2, -0.15) is 0 Å². The third-order valence-corrected chi connectivity index (χ3v) is 3.04. The molecular weight excluding hydrogens is 240 g/mol. The normalized spacial score (nSPS) is 12.7. The van der Waals surface area contributed by atoms with Crippen molar-refractivity contribution in [2.75, 3.05) is 0 Å². The maximum Gasteiger partial charge on any atom is 0.124 e. The van der Waals surface area contributed by atoms with Gasteiger partial charge in [-0.05, 0) is 30.2 Å². The zero-order chi connectivity index (χ0) is 13.2. The predicted molar refractivity (Wildman–Crippen MR) is 72.6 cm³/mol. The smallest absolute Gasteiger partial charge is 0.124 e. The number of aromatic amines is 1. The van der Waals surface area contributed by atoms with Crippen LogP contribution in [0.5, 0.6) is 5.75 Å². The van der Waals surface area contributed by atoms with Crippen molar-refractivity contribution in [1.29, 1.82) is 0 Å². The fraction of sp³-hybridized carbons (Fsp3) is 0.143. The number of phenols is 1. The number of nitrogens with one attached hydrogen (secondary N) is 1. The molecule has 0 spiro atoms. The molecule has 0 saturated carbocycles. The van der Waals surface area contributed by atoms with Gasteiger partial charge in [0.15, 0.2) is 0 Å². The number of phenolic OH excluding ortho intramolecular Hbond substituents is 1. The molecule has 2 aromatic heterocycles. The zero-order valence-electron chi connectivity index (χ0n) is 10.2. The van der Waals surface area contributed by atoms with E-state index in [-0.39, 0.29) is 11.8 Å². The van der Waals surface area contributed by atoms with E-state index in [9.17, 15) is 5.11 Å². The highest BCUT2D eigenvalue weighted by atomic mass is 16.3. The largest absolute Gasteiger partial charge is 0.508 e. The van der Waals surface area contributed by atoms with Crippen LogP contribution in [-0.4, -0.2) is 20.1 Å². The Kier molecular flexibility index (Phi) is 2.89. The van der Waals surface area contributed by atoms with Crippen LogP contribution < -0.4 is 5.73 Å². The first kappa shape index (κ1) is 11.7. The molecule has 19 heavy (non-hydrogen) atoms. The summed E-state index contributed by atoms with van der Waals surface area (Å²) in [6.45, 7) is 0. The van der Waals surface area contributed by atoms with Crippen LogP contribution in [0.15, 0.2) is 42.7 Å². The Balaban J connectivity index is 1.83. The lowest BCUT2D eigenvalue weighted by atomic mass is 10.1. The molecule has 0 fully saturated rings. The lowest BCUT2D eigenvalue weighted by molar-refractivity contribution is 0.475. The lowest BCUT2D eigenvalue weighted by Crippen LogP contribution is -2.14. The van der Waals surface area contributed by atoms with E-state index in [4.69, 9.17) is 5.73 Å². The number of nitrogens with zero attached hydrogens (tertiary/aromatic N) is 2. The second-order valence-corrected chi connectivity index (χ2v) is 4.49. The summed E-state index contributed by atoms with van der Waals surface area (Å²) in [6.07, 6.45) is 4.10. The number of hydrogen-bond donors (Lipinski definition) is 3. The van der Waals surface area contributed by atoms with Crippen molar-refractivity contribution in [2.24, 2.45) is 5.73 Å². The monoisotopic (exact) mass is 254 g/mol. The highest BCUT2D eigenvalue weighted by molar-refractivity contribution is 5.73. The van der Waals surface area contributed by atoms with E-state index < -0.39 is 0 Å². The fourth-order valence-corrected chi connectivity index (χ4v) is 2.03. The van der Waals surface area contributed by atoms with E-state index in [2.05, 4.69) is 15.0 Å². The number of nitrogens with two attached hydrogens (primary N) is 1. The molecule has 0 saturated heterocycles. The number of rotatable bonds is 3. The van der Waals surface area contributed by atoms with E-state index in [1.165, 1.54) is 0 Å². The first-order valence-electron chi connectivity index (χ1n) is 6.05. The molecule has 5 nitrogen and oxygen atoms in total. The Hall–Kier alpha value is -2.40. The number of fused-ring (bicyclic) bond motifs is 1. The van der Waals surface area contributed by atoms with Crippen molar-refractivity contribution >= 4 is 11.0 Å². The van der Waals surface area contributed by atoms with Gasteiger partial charge in [0.05, 0.1) is 23.3 Å². The van der Waals surface area contributed by atoms with Gasteiger partial charge < -0.3 is 15.8 Å². The molecule has 0 amide bonds. The second kappa shape index (κ2) is 4.70. The third kappa shape index (κ3) is 2.41. The van der Waals surface area contributed by atoms with Gasteiger partial charge >= 0.3 is 0 Å². The van der Waals surface area contributed by atoms with Crippen molar-refractivity contribution in [3.05, 3.63) is 54.1 Å². The van der Waals surface area contributed by atoms with Gasteiger partial charge in [-0.25, -0.2) is 4.98 Å². The predicted octanol–water partition coefficient (Wildman–Crippen LogP) is 1.91. The first-order valence-corrected chi connectivity index (χ1v) is 6.05. The molecule has 1 unspecified atom stereocenters. The molecule has 4 N–H and O–H groups in total. The number of aromatic nitrogens is 3. The maximum atomic E-state index is 9.25. The van der Waals surface area contributed by atoms with Crippen LogP contribution in [0.3, 0.4) is 0 Å². The van der Waals surface area contributed by atoms with Crippen LogP contribution in [0.1, 0.15) is 17.4 Å². The quantitative estimate of drug-likeness (QED) is 0.666. The van der Waals surface area contributed by atoms with E-state index in [0.29, 0.717) is 6.42 Å². The molecule has 0 aliphatic carbocycles. The fourth-order valence-electron chi connectivity index (χ4n) is 2.03. The molecule has 2 heterocycles. The molecule has 3 aromatic rings. The minimum absolute atomic E-state index is 0.211. The topological polar surface area (TPSA) is 87.8 Å². The SMILES string of the molecule is NC(Cc1ccc(O)cc1)c1nc2ccncc2[nH]1. The van der Waals surface area contributed by atoms with Crippen molar-refractivity contribution in [1.82, 2.24) is 15.0 Å². The Morgan fingerprint density at radius 1 is 1.21 bits per heavy atom. The van der Waals surface area contributed by atoms with Gasteiger partial charge in [0.2, 0.25) is 0 Å². The van der Waals surface area contributed by atoms with E-state index in [0.717, 1.165) is 22.4 Å². The zero-order valence-corrected chi connectivity index (χ0v) is 10.2. The van der Waals surface area contributed by atoms with Crippen molar-refractivity contribution in [3.8, 4) is 5.75 Å². The van der Waals surface area contributed by atoms with E-state index in [1.807, 2.05) is 18.2 Å². The van der Waals surface area contributed by atoms with Crippen LogP contribution in [0.2, 0.25) is 0 Å². The van der Waals surface area contributed by atoms with Gasteiger partial charge in [-0.1, -0.05) is 12.1 Å². The summed E-state index contributed by atoms with van der Waals surface area (Å²) >= 11 is 0. The highest BCUT2D eigenvalue weighted by Gasteiger charge is 2.12. The van der Waals surface area contributed by atoms with Crippen LogP contribution >= 0.6 is 0 Å². The molecular formula is C14H14N4O. The van der Waals surface area contributed by atoms with Gasteiger partial charge in [-0.3, -0.25) is 4.98 Å². The van der Waals surface area contributed by atoms with Gasteiger partial charge in [0.1, 0.15) is 11.6 Å². The molecule has 5 heteroatoms. The summed E-state index contributed by atoms with van der Waals surface area (Å²) in [4.78, 5) is 11.7. The summed E-state index contributed by atoms with van der Waals surface area (Å²) in [7, 11) is 0.